The van der Waals surface area contributed by atoms with Gasteiger partial charge in [0.25, 0.3) is 5.56 Å². The summed E-state index contributed by atoms with van der Waals surface area (Å²) in [5.74, 6) is 0.779. The van der Waals surface area contributed by atoms with Gasteiger partial charge in [-0.15, -0.1) is 0 Å². The highest BCUT2D eigenvalue weighted by Crippen LogP contribution is 2.16. The standard InChI is InChI=1S/C14H17N3O2/c1-10-7-14(18)17(16-8-10)9-13(15)11-3-5-12(19-2)6-4-11/h3-8,13H,9,15H2,1-2H3. The van der Waals surface area contributed by atoms with Crippen molar-refractivity contribution >= 4 is 0 Å². The van der Waals surface area contributed by atoms with Gasteiger partial charge < -0.3 is 10.5 Å². The summed E-state index contributed by atoms with van der Waals surface area (Å²) in [6.45, 7) is 2.19. The molecule has 0 bridgehead atoms. The zero-order chi connectivity index (χ0) is 13.8. The summed E-state index contributed by atoms with van der Waals surface area (Å²) in [6.07, 6.45) is 1.65. The Balaban J connectivity index is 2.15. The second-order valence-electron chi connectivity index (χ2n) is 4.43. The molecule has 0 aliphatic rings. The molecule has 2 aromatic rings. The van der Waals surface area contributed by atoms with Crippen LogP contribution in [0.4, 0.5) is 0 Å². The first-order valence-electron chi connectivity index (χ1n) is 6.03. The molecule has 19 heavy (non-hydrogen) atoms. The summed E-state index contributed by atoms with van der Waals surface area (Å²) in [6, 6.07) is 8.75. The molecule has 0 amide bonds. The quantitative estimate of drug-likeness (QED) is 0.897. The summed E-state index contributed by atoms with van der Waals surface area (Å²) >= 11 is 0. The minimum absolute atomic E-state index is 0.135. The van der Waals surface area contributed by atoms with Gasteiger partial charge >= 0.3 is 0 Å². The van der Waals surface area contributed by atoms with Crippen LogP contribution in [-0.4, -0.2) is 16.9 Å². The van der Waals surface area contributed by atoms with Crippen LogP contribution in [0.25, 0.3) is 0 Å². The smallest absolute Gasteiger partial charge is 0.267 e. The molecule has 0 saturated heterocycles. The number of aromatic nitrogens is 2. The molecule has 1 unspecified atom stereocenters. The molecule has 2 rings (SSSR count). The van der Waals surface area contributed by atoms with Crippen molar-refractivity contribution in [3.8, 4) is 5.75 Å². The maximum absolute atomic E-state index is 11.7. The van der Waals surface area contributed by atoms with Gasteiger partial charge in [-0.05, 0) is 30.2 Å². The van der Waals surface area contributed by atoms with Crippen molar-refractivity contribution in [1.29, 1.82) is 0 Å². The van der Waals surface area contributed by atoms with E-state index in [1.807, 2.05) is 31.2 Å². The van der Waals surface area contributed by atoms with Crippen molar-refractivity contribution in [3.63, 3.8) is 0 Å². The van der Waals surface area contributed by atoms with E-state index in [0.29, 0.717) is 6.54 Å². The zero-order valence-electron chi connectivity index (χ0n) is 11.0. The highest BCUT2D eigenvalue weighted by Gasteiger charge is 2.09. The van der Waals surface area contributed by atoms with E-state index in [9.17, 15) is 4.79 Å². The van der Waals surface area contributed by atoms with Crippen molar-refractivity contribution in [3.05, 3.63) is 58.0 Å². The lowest BCUT2D eigenvalue weighted by Gasteiger charge is -2.13. The maximum atomic E-state index is 11.7. The molecule has 1 heterocycles. The number of methoxy groups -OCH3 is 1. The fraction of sp³-hybridized carbons (Fsp3) is 0.286. The van der Waals surface area contributed by atoms with E-state index in [4.69, 9.17) is 10.5 Å². The Morgan fingerprint density at radius 3 is 2.63 bits per heavy atom. The van der Waals surface area contributed by atoms with Crippen LogP contribution in [0.1, 0.15) is 17.2 Å². The zero-order valence-corrected chi connectivity index (χ0v) is 11.0. The summed E-state index contributed by atoms with van der Waals surface area (Å²) in [7, 11) is 1.62. The predicted octanol–water partition coefficient (Wildman–Crippen LogP) is 1.26. The van der Waals surface area contributed by atoms with Crippen molar-refractivity contribution in [2.75, 3.05) is 7.11 Å². The Bertz CT molecular complexity index is 605. The molecule has 0 aliphatic carbocycles. The Labute approximate surface area is 111 Å². The van der Waals surface area contributed by atoms with Gasteiger partial charge in [0.1, 0.15) is 5.75 Å². The summed E-state index contributed by atoms with van der Waals surface area (Å²) in [5.41, 5.74) is 7.74. The first-order valence-corrected chi connectivity index (χ1v) is 6.03. The van der Waals surface area contributed by atoms with E-state index in [1.54, 1.807) is 19.4 Å². The molecule has 0 radical (unpaired) electrons. The van der Waals surface area contributed by atoms with E-state index in [0.717, 1.165) is 16.9 Å². The van der Waals surface area contributed by atoms with Gasteiger partial charge in [-0.3, -0.25) is 4.79 Å². The Hall–Kier alpha value is -2.14. The number of benzene rings is 1. The molecule has 0 saturated carbocycles. The number of nitrogens with zero attached hydrogens (tertiary/aromatic N) is 2. The Morgan fingerprint density at radius 1 is 1.37 bits per heavy atom. The number of rotatable bonds is 4. The fourth-order valence-electron chi connectivity index (χ4n) is 1.80. The highest BCUT2D eigenvalue weighted by atomic mass is 16.5. The van der Waals surface area contributed by atoms with E-state index < -0.39 is 0 Å². The van der Waals surface area contributed by atoms with Gasteiger partial charge in [-0.2, -0.15) is 5.10 Å². The molecule has 0 aliphatic heterocycles. The molecule has 0 spiro atoms. The third kappa shape index (κ3) is 3.20. The SMILES string of the molecule is COc1ccc(C(N)Cn2ncc(C)cc2=O)cc1. The van der Waals surface area contributed by atoms with Gasteiger partial charge in [0.05, 0.1) is 19.9 Å². The van der Waals surface area contributed by atoms with E-state index in [2.05, 4.69) is 5.10 Å². The van der Waals surface area contributed by atoms with Crippen molar-refractivity contribution < 1.29 is 4.74 Å². The largest absolute Gasteiger partial charge is 0.497 e. The minimum atomic E-state index is -0.279. The van der Waals surface area contributed by atoms with E-state index >= 15 is 0 Å². The molecule has 1 aromatic heterocycles. The molecule has 2 N–H and O–H groups in total. The average molecular weight is 259 g/mol. The fourth-order valence-corrected chi connectivity index (χ4v) is 1.80. The summed E-state index contributed by atoms with van der Waals surface area (Å²) < 4.78 is 6.47. The van der Waals surface area contributed by atoms with Crippen LogP contribution in [-0.2, 0) is 6.54 Å². The molecular formula is C14H17N3O2. The lowest BCUT2D eigenvalue weighted by atomic mass is 10.1. The second kappa shape index (κ2) is 5.67. The first kappa shape index (κ1) is 13.3. The lowest BCUT2D eigenvalue weighted by molar-refractivity contribution is 0.414. The van der Waals surface area contributed by atoms with Gasteiger partial charge in [0.2, 0.25) is 0 Å². The number of ether oxygens (including phenoxy) is 1. The Morgan fingerprint density at radius 2 is 2.05 bits per heavy atom. The van der Waals surface area contributed by atoms with Gasteiger partial charge in [0, 0.05) is 12.1 Å². The molecule has 1 aromatic carbocycles. The van der Waals surface area contributed by atoms with Crippen LogP contribution >= 0.6 is 0 Å². The molecule has 5 nitrogen and oxygen atoms in total. The lowest BCUT2D eigenvalue weighted by Crippen LogP contribution is -2.28. The molecular weight excluding hydrogens is 242 g/mol. The van der Waals surface area contributed by atoms with E-state index in [1.165, 1.54) is 4.68 Å². The topological polar surface area (TPSA) is 70.1 Å². The normalized spacial score (nSPS) is 12.2. The monoisotopic (exact) mass is 259 g/mol. The average Bonchev–Trinajstić information content (AvgIpc) is 2.42. The second-order valence-corrected chi connectivity index (χ2v) is 4.43. The summed E-state index contributed by atoms with van der Waals surface area (Å²) in [4.78, 5) is 11.7. The maximum Gasteiger partial charge on any atom is 0.267 e. The van der Waals surface area contributed by atoms with Gasteiger partial charge in [-0.25, -0.2) is 4.68 Å². The van der Waals surface area contributed by atoms with Crippen molar-refractivity contribution in [2.45, 2.75) is 19.5 Å². The van der Waals surface area contributed by atoms with Crippen molar-refractivity contribution in [1.82, 2.24) is 9.78 Å². The summed E-state index contributed by atoms with van der Waals surface area (Å²) in [5, 5.41) is 4.08. The van der Waals surface area contributed by atoms with Crippen LogP contribution in [0.15, 0.2) is 41.3 Å². The number of hydrogen-bond donors (Lipinski definition) is 1. The minimum Gasteiger partial charge on any atom is -0.497 e. The predicted molar refractivity (Wildman–Crippen MR) is 73.2 cm³/mol. The van der Waals surface area contributed by atoms with Crippen LogP contribution in [0.5, 0.6) is 5.75 Å². The number of hydrogen-bond acceptors (Lipinski definition) is 4. The number of aryl methyl sites for hydroxylation is 1. The Kier molecular flexibility index (Phi) is 3.97. The van der Waals surface area contributed by atoms with Crippen LogP contribution in [0, 0.1) is 6.92 Å². The highest BCUT2D eigenvalue weighted by molar-refractivity contribution is 5.28. The van der Waals surface area contributed by atoms with Crippen LogP contribution in [0.3, 0.4) is 0 Å². The van der Waals surface area contributed by atoms with E-state index in [-0.39, 0.29) is 11.6 Å². The molecule has 1 atom stereocenters. The molecule has 5 heteroatoms. The van der Waals surface area contributed by atoms with Gasteiger partial charge in [-0.1, -0.05) is 12.1 Å². The van der Waals surface area contributed by atoms with Gasteiger partial charge in [0.15, 0.2) is 0 Å². The first-order chi connectivity index (χ1) is 9.10. The van der Waals surface area contributed by atoms with Crippen LogP contribution in [0.2, 0.25) is 0 Å². The number of nitrogens with two attached hydrogens (primary N) is 1. The van der Waals surface area contributed by atoms with Crippen molar-refractivity contribution in [2.24, 2.45) is 5.73 Å². The molecule has 100 valence electrons. The third-order valence-corrected chi connectivity index (χ3v) is 2.92. The van der Waals surface area contributed by atoms with Crippen LogP contribution < -0.4 is 16.0 Å². The molecule has 0 fully saturated rings. The third-order valence-electron chi connectivity index (χ3n) is 2.92.